The van der Waals surface area contributed by atoms with Crippen LogP contribution in [0.1, 0.15) is 28.5 Å². The first-order chi connectivity index (χ1) is 15.1. The summed E-state index contributed by atoms with van der Waals surface area (Å²) >= 11 is 0. The van der Waals surface area contributed by atoms with Crippen LogP contribution in [0.25, 0.3) is 11.1 Å². The number of pyridine rings is 1. The lowest BCUT2D eigenvalue weighted by molar-refractivity contribution is 0.0688. The molecule has 1 fully saturated rings. The molecule has 0 aliphatic carbocycles. The molecule has 2 aromatic carbocycles. The molecule has 1 aromatic heterocycles. The number of nitrogens with zero attached hydrogens (tertiary/aromatic N) is 3. The van der Waals surface area contributed by atoms with E-state index in [1.807, 2.05) is 42.3 Å². The largest absolute Gasteiger partial charge is 0.394 e. The number of anilines is 1. The number of rotatable bonds is 3. The van der Waals surface area contributed by atoms with Crippen molar-refractivity contribution in [1.82, 2.24) is 9.88 Å². The zero-order chi connectivity index (χ0) is 21.5. The van der Waals surface area contributed by atoms with Gasteiger partial charge in [0, 0.05) is 37.0 Å². The lowest BCUT2D eigenvalue weighted by atomic mass is 9.81. The van der Waals surface area contributed by atoms with Crippen LogP contribution in [0.2, 0.25) is 0 Å². The highest BCUT2D eigenvalue weighted by molar-refractivity contribution is 5.93. The molecular weight excluding hydrogens is 393 g/mol. The van der Waals surface area contributed by atoms with Gasteiger partial charge in [0.05, 0.1) is 18.7 Å². The molecule has 1 saturated heterocycles. The molecule has 5 rings (SSSR count). The first-order valence-corrected chi connectivity index (χ1v) is 10.5. The van der Waals surface area contributed by atoms with Crippen molar-refractivity contribution in [1.29, 1.82) is 0 Å². The maximum absolute atomic E-state index is 14.5. The van der Waals surface area contributed by atoms with Gasteiger partial charge in [-0.2, -0.15) is 0 Å². The lowest BCUT2D eigenvalue weighted by Crippen LogP contribution is -2.48. The van der Waals surface area contributed by atoms with Gasteiger partial charge in [-0.15, -0.1) is 0 Å². The van der Waals surface area contributed by atoms with Gasteiger partial charge in [-0.25, -0.2) is 4.39 Å². The summed E-state index contributed by atoms with van der Waals surface area (Å²) in [6.45, 7) is 0.607. The van der Waals surface area contributed by atoms with Crippen LogP contribution in [0.5, 0.6) is 0 Å². The molecule has 1 amide bonds. The summed E-state index contributed by atoms with van der Waals surface area (Å²) in [6, 6.07) is 17.6. The molecule has 0 bridgehead atoms. The Bertz CT molecular complexity index is 1120. The number of hydrogen-bond acceptors (Lipinski definition) is 4. The Balaban J connectivity index is 1.63. The Hall–Kier alpha value is -3.25. The monoisotopic (exact) mass is 417 g/mol. The standard InChI is InChI=1S/C25H24FN3O2/c1-28-22-10-9-16(17-6-2-3-7-20(17)26)14-19(22)24-18(23(28)15-30)11-13-29(24)25(31)21-8-4-5-12-27-21/h2-10,12,14,18,23-24,30H,11,13,15H2,1H3/t18-,23+,24-/m0/s1. The van der Waals surface area contributed by atoms with E-state index >= 15 is 0 Å². The minimum Gasteiger partial charge on any atom is -0.394 e. The summed E-state index contributed by atoms with van der Waals surface area (Å²) in [5.74, 6) is -0.299. The average molecular weight is 417 g/mol. The van der Waals surface area contributed by atoms with Gasteiger partial charge >= 0.3 is 0 Å². The quantitative estimate of drug-likeness (QED) is 0.702. The fraction of sp³-hybridized carbons (Fsp3) is 0.280. The molecule has 2 aliphatic heterocycles. The van der Waals surface area contributed by atoms with Crippen molar-refractivity contribution in [2.24, 2.45) is 5.92 Å². The number of fused-ring (bicyclic) bond motifs is 3. The smallest absolute Gasteiger partial charge is 0.272 e. The normalized spacial score (nSPS) is 22.2. The lowest BCUT2D eigenvalue weighted by Gasteiger charge is -2.44. The fourth-order valence-corrected chi connectivity index (χ4v) is 5.18. The van der Waals surface area contributed by atoms with E-state index in [0.29, 0.717) is 17.8 Å². The van der Waals surface area contributed by atoms with Gasteiger partial charge < -0.3 is 14.9 Å². The molecule has 6 heteroatoms. The number of aliphatic hydroxyl groups is 1. The zero-order valence-electron chi connectivity index (χ0n) is 17.3. The van der Waals surface area contributed by atoms with E-state index in [2.05, 4.69) is 9.88 Å². The van der Waals surface area contributed by atoms with Crippen LogP contribution < -0.4 is 4.90 Å². The third-order valence-electron chi connectivity index (χ3n) is 6.68. The number of likely N-dealkylation sites (tertiary alicyclic amines) is 1. The molecule has 0 radical (unpaired) electrons. The van der Waals surface area contributed by atoms with E-state index in [1.165, 1.54) is 6.07 Å². The maximum atomic E-state index is 14.5. The molecular formula is C25H24FN3O2. The third kappa shape index (κ3) is 3.18. The number of benzene rings is 2. The Kier molecular flexibility index (Phi) is 4.94. The van der Waals surface area contributed by atoms with Crippen LogP contribution in [0.3, 0.4) is 0 Å². The van der Waals surface area contributed by atoms with Crippen LogP contribution in [0, 0.1) is 11.7 Å². The summed E-state index contributed by atoms with van der Waals surface area (Å²) in [5.41, 5.74) is 3.67. The predicted octanol–water partition coefficient (Wildman–Crippen LogP) is 3.90. The topological polar surface area (TPSA) is 56.7 Å². The maximum Gasteiger partial charge on any atom is 0.272 e. The Morgan fingerprint density at radius 3 is 2.71 bits per heavy atom. The summed E-state index contributed by atoms with van der Waals surface area (Å²) < 4.78 is 14.5. The Morgan fingerprint density at radius 2 is 1.97 bits per heavy atom. The highest BCUT2D eigenvalue weighted by Crippen LogP contribution is 2.49. The fourth-order valence-electron chi connectivity index (χ4n) is 5.18. The van der Waals surface area contributed by atoms with Crippen molar-refractivity contribution in [3.63, 3.8) is 0 Å². The van der Waals surface area contributed by atoms with Gasteiger partial charge in [0.15, 0.2) is 0 Å². The number of aliphatic hydroxyl groups excluding tert-OH is 1. The van der Waals surface area contributed by atoms with E-state index in [1.54, 1.807) is 30.5 Å². The molecule has 158 valence electrons. The molecule has 0 unspecified atom stereocenters. The number of carbonyl (C=O) groups is 1. The molecule has 31 heavy (non-hydrogen) atoms. The van der Waals surface area contributed by atoms with Crippen molar-refractivity contribution in [3.05, 3.63) is 83.9 Å². The van der Waals surface area contributed by atoms with Crippen LogP contribution in [-0.2, 0) is 0 Å². The molecule has 3 atom stereocenters. The zero-order valence-corrected chi connectivity index (χ0v) is 17.3. The molecule has 1 N–H and O–H groups in total. The van der Waals surface area contributed by atoms with E-state index in [0.717, 1.165) is 23.2 Å². The highest BCUT2D eigenvalue weighted by Gasteiger charge is 2.48. The van der Waals surface area contributed by atoms with Crippen LogP contribution in [-0.4, -0.2) is 47.1 Å². The minimum atomic E-state index is -0.274. The average Bonchev–Trinajstić information content (AvgIpc) is 3.24. The van der Waals surface area contributed by atoms with Crippen molar-refractivity contribution in [2.75, 3.05) is 25.1 Å². The number of hydrogen-bond donors (Lipinski definition) is 1. The van der Waals surface area contributed by atoms with E-state index in [-0.39, 0.29) is 36.3 Å². The van der Waals surface area contributed by atoms with Crippen molar-refractivity contribution in [3.8, 4) is 11.1 Å². The number of likely N-dealkylation sites (N-methyl/N-ethyl adjacent to an activating group) is 1. The van der Waals surface area contributed by atoms with E-state index in [4.69, 9.17) is 0 Å². The Morgan fingerprint density at radius 1 is 1.16 bits per heavy atom. The van der Waals surface area contributed by atoms with Gasteiger partial charge in [-0.05, 0) is 47.9 Å². The first kappa shape index (κ1) is 19.7. The van der Waals surface area contributed by atoms with Gasteiger partial charge in [0.1, 0.15) is 11.5 Å². The Labute approximate surface area is 180 Å². The number of aromatic nitrogens is 1. The van der Waals surface area contributed by atoms with E-state index in [9.17, 15) is 14.3 Å². The van der Waals surface area contributed by atoms with Crippen LogP contribution in [0.15, 0.2) is 66.9 Å². The molecule has 0 saturated carbocycles. The van der Waals surface area contributed by atoms with Crippen molar-refractivity contribution in [2.45, 2.75) is 18.5 Å². The molecule has 2 aliphatic rings. The second kappa shape index (κ2) is 7.78. The SMILES string of the molecule is CN1c2ccc(-c3ccccc3F)cc2[C@@H]2[C@@H](CCN2C(=O)c2ccccn2)[C@H]1CO. The number of halogens is 1. The van der Waals surface area contributed by atoms with Crippen LogP contribution in [0.4, 0.5) is 10.1 Å². The molecule has 0 spiro atoms. The minimum absolute atomic E-state index is 0.0117. The van der Waals surface area contributed by atoms with Gasteiger partial charge in [0.2, 0.25) is 0 Å². The molecule has 3 aromatic rings. The number of carbonyl (C=O) groups excluding carboxylic acids is 1. The third-order valence-corrected chi connectivity index (χ3v) is 6.68. The van der Waals surface area contributed by atoms with E-state index < -0.39 is 0 Å². The van der Waals surface area contributed by atoms with Crippen molar-refractivity contribution < 1.29 is 14.3 Å². The summed E-state index contributed by atoms with van der Waals surface area (Å²) in [5, 5.41) is 10.1. The predicted molar refractivity (Wildman–Crippen MR) is 117 cm³/mol. The van der Waals surface area contributed by atoms with Gasteiger partial charge in [-0.3, -0.25) is 9.78 Å². The summed E-state index contributed by atoms with van der Waals surface area (Å²) in [6.07, 6.45) is 2.42. The summed E-state index contributed by atoms with van der Waals surface area (Å²) in [7, 11) is 1.97. The molecule has 5 nitrogen and oxygen atoms in total. The highest BCUT2D eigenvalue weighted by atomic mass is 19.1. The number of amides is 1. The van der Waals surface area contributed by atoms with Gasteiger partial charge in [-0.1, -0.05) is 30.3 Å². The first-order valence-electron chi connectivity index (χ1n) is 10.5. The van der Waals surface area contributed by atoms with Crippen molar-refractivity contribution >= 4 is 11.6 Å². The van der Waals surface area contributed by atoms with Crippen LogP contribution >= 0.6 is 0 Å². The molecule has 3 heterocycles. The second-order valence-electron chi connectivity index (χ2n) is 8.23. The second-order valence-corrected chi connectivity index (χ2v) is 8.23. The summed E-state index contributed by atoms with van der Waals surface area (Å²) in [4.78, 5) is 21.5. The van der Waals surface area contributed by atoms with Gasteiger partial charge in [0.25, 0.3) is 5.91 Å².